The fraction of sp³-hybridized carbons (Fsp3) is 0.533. The molecule has 106 valence electrons. The van der Waals surface area contributed by atoms with E-state index in [4.69, 9.17) is 9.47 Å². The molecule has 0 atom stereocenters. The molecular weight excluding hydrogens is 244 g/mol. The molecule has 0 spiro atoms. The summed E-state index contributed by atoms with van der Waals surface area (Å²) in [7, 11) is 0. The standard InChI is InChI=1S/C15H22O4/c1-4-18-7-8-19-14(16)6-5-13-9-11(2)15(17)12(3)10-13/h9-10,17H,4-8H2,1-3H3. The van der Waals surface area contributed by atoms with E-state index in [2.05, 4.69) is 0 Å². The molecule has 0 radical (unpaired) electrons. The molecular formula is C15H22O4. The number of esters is 1. The van der Waals surface area contributed by atoms with Crippen LogP contribution in [0, 0.1) is 13.8 Å². The average molecular weight is 266 g/mol. The predicted molar refractivity (Wildman–Crippen MR) is 73.4 cm³/mol. The summed E-state index contributed by atoms with van der Waals surface area (Å²) in [6.07, 6.45) is 0.964. The van der Waals surface area contributed by atoms with Crippen LogP contribution in [-0.2, 0) is 20.7 Å². The molecule has 0 aliphatic heterocycles. The lowest BCUT2D eigenvalue weighted by molar-refractivity contribution is -0.145. The summed E-state index contributed by atoms with van der Waals surface area (Å²) in [6.45, 7) is 6.99. The third kappa shape index (κ3) is 5.30. The van der Waals surface area contributed by atoms with E-state index < -0.39 is 0 Å². The summed E-state index contributed by atoms with van der Waals surface area (Å²) >= 11 is 0. The van der Waals surface area contributed by atoms with Crippen molar-refractivity contribution in [3.63, 3.8) is 0 Å². The second kappa shape index (κ2) is 7.79. The molecule has 1 rings (SSSR count). The second-order valence-electron chi connectivity index (χ2n) is 4.50. The largest absolute Gasteiger partial charge is 0.507 e. The van der Waals surface area contributed by atoms with Crippen LogP contribution in [0.2, 0.25) is 0 Å². The van der Waals surface area contributed by atoms with Crippen LogP contribution in [0.4, 0.5) is 0 Å². The SMILES string of the molecule is CCOCCOC(=O)CCc1cc(C)c(O)c(C)c1. The van der Waals surface area contributed by atoms with E-state index in [1.807, 2.05) is 32.9 Å². The lowest BCUT2D eigenvalue weighted by Crippen LogP contribution is -2.11. The fourth-order valence-corrected chi connectivity index (χ4v) is 1.87. The van der Waals surface area contributed by atoms with Crippen LogP contribution in [0.5, 0.6) is 5.75 Å². The highest BCUT2D eigenvalue weighted by atomic mass is 16.6. The van der Waals surface area contributed by atoms with Gasteiger partial charge in [0.2, 0.25) is 0 Å². The highest BCUT2D eigenvalue weighted by Gasteiger charge is 2.07. The molecule has 19 heavy (non-hydrogen) atoms. The Balaban J connectivity index is 2.38. The van der Waals surface area contributed by atoms with Crippen molar-refractivity contribution in [3.05, 3.63) is 28.8 Å². The van der Waals surface area contributed by atoms with Crippen molar-refractivity contribution < 1.29 is 19.4 Å². The van der Waals surface area contributed by atoms with E-state index in [9.17, 15) is 9.90 Å². The minimum absolute atomic E-state index is 0.219. The average Bonchev–Trinajstić information content (AvgIpc) is 2.38. The Morgan fingerprint density at radius 1 is 1.21 bits per heavy atom. The van der Waals surface area contributed by atoms with E-state index in [-0.39, 0.29) is 5.97 Å². The van der Waals surface area contributed by atoms with Crippen molar-refractivity contribution in [2.45, 2.75) is 33.6 Å². The zero-order valence-corrected chi connectivity index (χ0v) is 11.9. The molecule has 0 aliphatic carbocycles. The maximum Gasteiger partial charge on any atom is 0.306 e. The van der Waals surface area contributed by atoms with Gasteiger partial charge in [-0.2, -0.15) is 0 Å². The van der Waals surface area contributed by atoms with Crippen LogP contribution < -0.4 is 0 Å². The molecule has 1 aromatic rings. The Hall–Kier alpha value is -1.55. The van der Waals surface area contributed by atoms with Gasteiger partial charge >= 0.3 is 5.97 Å². The summed E-state index contributed by atoms with van der Waals surface area (Å²) in [5.41, 5.74) is 2.70. The number of aromatic hydroxyl groups is 1. The van der Waals surface area contributed by atoms with Crippen molar-refractivity contribution in [1.82, 2.24) is 0 Å². The molecule has 1 aromatic carbocycles. The van der Waals surface area contributed by atoms with Crippen LogP contribution in [0.15, 0.2) is 12.1 Å². The van der Waals surface area contributed by atoms with Crippen molar-refractivity contribution in [3.8, 4) is 5.75 Å². The van der Waals surface area contributed by atoms with Crippen LogP contribution in [0.1, 0.15) is 30.0 Å². The minimum Gasteiger partial charge on any atom is -0.507 e. The molecule has 0 heterocycles. The Labute approximate surface area is 114 Å². The van der Waals surface area contributed by atoms with Crippen molar-refractivity contribution in [2.24, 2.45) is 0 Å². The highest BCUT2D eigenvalue weighted by Crippen LogP contribution is 2.23. The summed E-state index contributed by atoms with van der Waals surface area (Å²) in [5, 5.41) is 9.67. The first-order valence-electron chi connectivity index (χ1n) is 6.57. The lowest BCUT2D eigenvalue weighted by Gasteiger charge is -2.08. The van der Waals surface area contributed by atoms with Crippen LogP contribution in [0.25, 0.3) is 0 Å². The first kappa shape index (κ1) is 15.5. The van der Waals surface area contributed by atoms with Gasteiger partial charge in [-0.3, -0.25) is 4.79 Å². The topological polar surface area (TPSA) is 55.8 Å². The lowest BCUT2D eigenvalue weighted by atomic mass is 10.0. The quantitative estimate of drug-likeness (QED) is 0.608. The van der Waals surface area contributed by atoms with Gasteiger partial charge in [-0.1, -0.05) is 12.1 Å². The molecule has 0 unspecified atom stereocenters. The molecule has 0 aliphatic rings. The Morgan fingerprint density at radius 3 is 2.42 bits per heavy atom. The van der Waals surface area contributed by atoms with Crippen LogP contribution in [-0.4, -0.2) is 30.9 Å². The van der Waals surface area contributed by atoms with Crippen LogP contribution in [0.3, 0.4) is 0 Å². The van der Waals surface area contributed by atoms with Gasteiger partial charge < -0.3 is 14.6 Å². The smallest absolute Gasteiger partial charge is 0.306 e. The van der Waals surface area contributed by atoms with E-state index in [0.717, 1.165) is 16.7 Å². The monoisotopic (exact) mass is 266 g/mol. The molecule has 0 amide bonds. The Kier molecular flexibility index (Phi) is 6.36. The number of aryl methyl sites for hydroxylation is 3. The minimum atomic E-state index is -0.219. The summed E-state index contributed by atoms with van der Waals surface area (Å²) in [6, 6.07) is 3.80. The number of hydrogen-bond acceptors (Lipinski definition) is 4. The maximum atomic E-state index is 11.5. The number of phenols is 1. The van der Waals surface area contributed by atoms with Crippen LogP contribution >= 0.6 is 0 Å². The first-order chi connectivity index (χ1) is 9.04. The third-order valence-corrected chi connectivity index (χ3v) is 2.86. The summed E-state index contributed by atoms with van der Waals surface area (Å²) in [4.78, 5) is 11.5. The van der Waals surface area contributed by atoms with Gasteiger partial charge in [-0.15, -0.1) is 0 Å². The number of carbonyl (C=O) groups excluding carboxylic acids is 1. The molecule has 0 saturated heterocycles. The summed E-state index contributed by atoms with van der Waals surface area (Å²) < 4.78 is 10.1. The zero-order valence-electron chi connectivity index (χ0n) is 11.9. The van der Waals surface area contributed by atoms with Crippen molar-refractivity contribution in [1.29, 1.82) is 0 Å². The van der Waals surface area contributed by atoms with E-state index in [0.29, 0.717) is 38.4 Å². The van der Waals surface area contributed by atoms with Gasteiger partial charge in [-0.25, -0.2) is 0 Å². The van der Waals surface area contributed by atoms with Gasteiger partial charge in [0.15, 0.2) is 0 Å². The van der Waals surface area contributed by atoms with Crippen molar-refractivity contribution >= 4 is 5.97 Å². The molecule has 0 saturated carbocycles. The fourth-order valence-electron chi connectivity index (χ4n) is 1.87. The zero-order chi connectivity index (χ0) is 14.3. The molecule has 4 heteroatoms. The molecule has 1 N–H and O–H groups in total. The van der Waals surface area contributed by atoms with E-state index in [1.54, 1.807) is 0 Å². The van der Waals surface area contributed by atoms with Gasteiger partial charge in [0.25, 0.3) is 0 Å². The Morgan fingerprint density at radius 2 is 1.84 bits per heavy atom. The molecule has 4 nitrogen and oxygen atoms in total. The van der Waals surface area contributed by atoms with E-state index >= 15 is 0 Å². The molecule has 0 fully saturated rings. The van der Waals surface area contributed by atoms with Gasteiger partial charge in [0.1, 0.15) is 12.4 Å². The number of hydrogen-bond donors (Lipinski definition) is 1. The van der Waals surface area contributed by atoms with Gasteiger partial charge in [0, 0.05) is 13.0 Å². The highest BCUT2D eigenvalue weighted by molar-refractivity contribution is 5.69. The second-order valence-corrected chi connectivity index (χ2v) is 4.50. The molecule has 0 bridgehead atoms. The van der Waals surface area contributed by atoms with E-state index in [1.165, 1.54) is 0 Å². The van der Waals surface area contributed by atoms with Crippen molar-refractivity contribution in [2.75, 3.05) is 19.8 Å². The predicted octanol–water partition coefficient (Wildman–Crippen LogP) is 2.52. The number of benzene rings is 1. The number of rotatable bonds is 7. The maximum absolute atomic E-state index is 11.5. The normalized spacial score (nSPS) is 10.5. The number of phenolic OH excluding ortho intramolecular Hbond substituents is 1. The van der Waals surface area contributed by atoms with Gasteiger partial charge in [0.05, 0.1) is 6.61 Å². The van der Waals surface area contributed by atoms with Gasteiger partial charge in [-0.05, 0) is 43.9 Å². The number of ether oxygens (including phenoxy) is 2. The molecule has 0 aromatic heterocycles. The third-order valence-electron chi connectivity index (χ3n) is 2.86. The summed E-state index contributed by atoms with van der Waals surface area (Å²) in [5.74, 6) is 0.103. The first-order valence-corrected chi connectivity index (χ1v) is 6.57. The number of carbonyl (C=O) groups is 1. The Bertz CT molecular complexity index is 403.